The summed E-state index contributed by atoms with van der Waals surface area (Å²) in [5.74, 6) is 1.65. The van der Waals surface area contributed by atoms with E-state index < -0.39 is 0 Å². The highest BCUT2D eigenvalue weighted by molar-refractivity contribution is 5.55. The van der Waals surface area contributed by atoms with Crippen molar-refractivity contribution >= 4 is 5.69 Å². The predicted octanol–water partition coefficient (Wildman–Crippen LogP) is 4.37. The molecule has 4 rings (SSSR count). The molecule has 0 unspecified atom stereocenters. The highest BCUT2D eigenvalue weighted by Crippen LogP contribution is 2.33. The standard InChI is InChI=1S/C24H28N4O/c1-24(2,3)19-13-21(28-12-10-26(5)18-28)16-23(14-19)29-22-8-6-7-20(15-22)27-11-9-25(4)17-27/h6-16H,17H2,1-5H3. The number of ether oxygens (including phenoxy) is 1. The van der Waals surface area contributed by atoms with Crippen molar-refractivity contribution in [3.05, 3.63) is 79.1 Å². The van der Waals surface area contributed by atoms with Crippen LogP contribution in [0.5, 0.6) is 11.5 Å². The van der Waals surface area contributed by atoms with Crippen LogP contribution >= 0.6 is 0 Å². The number of hydrogen-bond acceptors (Lipinski definition) is 3. The van der Waals surface area contributed by atoms with Crippen LogP contribution in [0.3, 0.4) is 0 Å². The Labute approximate surface area is 173 Å². The largest absolute Gasteiger partial charge is 0.458 e. The van der Waals surface area contributed by atoms with Gasteiger partial charge in [0.25, 0.3) is 0 Å². The van der Waals surface area contributed by atoms with E-state index in [1.807, 2.05) is 40.7 Å². The van der Waals surface area contributed by atoms with Crippen LogP contribution in [0, 0.1) is 6.33 Å². The van der Waals surface area contributed by atoms with Crippen molar-refractivity contribution in [3.8, 4) is 17.2 Å². The molecule has 0 aliphatic carbocycles. The van der Waals surface area contributed by atoms with Crippen molar-refractivity contribution in [2.24, 2.45) is 7.05 Å². The number of benzene rings is 2. The topological polar surface area (TPSA) is 24.5 Å². The van der Waals surface area contributed by atoms with Crippen LogP contribution in [0.1, 0.15) is 26.3 Å². The number of anilines is 1. The molecule has 29 heavy (non-hydrogen) atoms. The lowest BCUT2D eigenvalue weighted by atomic mass is 9.86. The van der Waals surface area contributed by atoms with Gasteiger partial charge in [0.2, 0.25) is 6.33 Å². The molecule has 5 heteroatoms. The van der Waals surface area contributed by atoms with Gasteiger partial charge in [0.15, 0.2) is 0 Å². The van der Waals surface area contributed by atoms with E-state index in [4.69, 9.17) is 4.74 Å². The second kappa shape index (κ2) is 7.32. The minimum Gasteiger partial charge on any atom is -0.458 e. The predicted molar refractivity (Wildman–Crippen MR) is 115 cm³/mol. The molecular formula is C24H28N4O. The first kappa shape index (κ1) is 19.1. The molecule has 0 N–H and O–H groups in total. The number of nitrogens with zero attached hydrogens (tertiary/aromatic N) is 4. The molecule has 1 aliphatic rings. The van der Waals surface area contributed by atoms with Crippen LogP contribution < -0.4 is 14.2 Å². The summed E-state index contributed by atoms with van der Waals surface area (Å²) in [6.07, 6.45) is 11.4. The molecule has 0 amide bonds. The molecule has 0 radical (unpaired) electrons. The zero-order chi connectivity index (χ0) is 20.6. The number of aryl methyl sites for hydroxylation is 1. The summed E-state index contributed by atoms with van der Waals surface area (Å²) < 4.78 is 10.2. The lowest BCUT2D eigenvalue weighted by Crippen LogP contribution is -2.24. The molecule has 0 saturated heterocycles. The van der Waals surface area contributed by atoms with E-state index in [1.165, 1.54) is 5.56 Å². The van der Waals surface area contributed by atoms with Gasteiger partial charge in [-0.2, -0.15) is 0 Å². The molecule has 0 bridgehead atoms. The monoisotopic (exact) mass is 388 g/mol. The second-order valence-electron chi connectivity index (χ2n) is 8.61. The summed E-state index contributed by atoms with van der Waals surface area (Å²) in [4.78, 5) is 4.33. The van der Waals surface area contributed by atoms with Gasteiger partial charge in [-0.15, -0.1) is 0 Å². The summed E-state index contributed by atoms with van der Waals surface area (Å²) in [7, 11) is 4.03. The SMILES string of the molecule is CN1C=CN(c2cccc(Oc3cc(-n4[c-][n+](C)cc4)cc(C(C)(C)C)c3)c2)C1. The summed E-state index contributed by atoms with van der Waals surface area (Å²) in [5.41, 5.74) is 3.38. The van der Waals surface area contributed by atoms with Gasteiger partial charge in [0.1, 0.15) is 11.5 Å². The lowest BCUT2D eigenvalue weighted by molar-refractivity contribution is -0.674. The van der Waals surface area contributed by atoms with Gasteiger partial charge in [0, 0.05) is 43.6 Å². The van der Waals surface area contributed by atoms with Gasteiger partial charge in [-0.1, -0.05) is 32.9 Å². The van der Waals surface area contributed by atoms with Crippen LogP contribution in [-0.4, -0.2) is 23.2 Å². The van der Waals surface area contributed by atoms with Crippen LogP contribution in [0.25, 0.3) is 5.69 Å². The van der Waals surface area contributed by atoms with Gasteiger partial charge < -0.3 is 23.7 Å². The maximum absolute atomic E-state index is 6.31. The Kier molecular flexibility index (Phi) is 4.82. The fraction of sp³-hybridized carbons (Fsp3) is 0.292. The molecule has 1 aliphatic heterocycles. The van der Waals surface area contributed by atoms with E-state index in [1.54, 1.807) is 0 Å². The van der Waals surface area contributed by atoms with Crippen molar-refractivity contribution in [3.63, 3.8) is 0 Å². The third kappa shape index (κ3) is 4.29. The van der Waals surface area contributed by atoms with Gasteiger partial charge in [0.05, 0.1) is 19.4 Å². The van der Waals surface area contributed by atoms with Gasteiger partial charge in [-0.05, 0) is 35.2 Å². The fourth-order valence-electron chi connectivity index (χ4n) is 3.32. The van der Waals surface area contributed by atoms with Crippen molar-refractivity contribution < 1.29 is 9.30 Å². The van der Waals surface area contributed by atoms with Crippen LogP contribution in [-0.2, 0) is 12.5 Å². The maximum atomic E-state index is 6.31. The van der Waals surface area contributed by atoms with Crippen LogP contribution in [0.4, 0.5) is 5.69 Å². The normalized spacial score (nSPS) is 14.0. The van der Waals surface area contributed by atoms with E-state index in [-0.39, 0.29) is 5.41 Å². The number of imidazole rings is 1. The zero-order valence-corrected chi connectivity index (χ0v) is 17.8. The molecule has 0 atom stereocenters. The highest BCUT2D eigenvalue weighted by atomic mass is 16.5. The molecule has 0 saturated carbocycles. The van der Waals surface area contributed by atoms with Gasteiger partial charge >= 0.3 is 0 Å². The molecule has 150 valence electrons. The smallest absolute Gasteiger partial charge is 0.243 e. The van der Waals surface area contributed by atoms with Gasteiger partial charge in [-0.25, -0.2) is 0 Å². The zero-order valence-electron chi connectivity index (χ0n) is 17.8. The Bertz CT molecular complexity index is 1050. The average Bonchev–Trinajstić information content (AvgIpc) is 3.29. The van der Waals surface area contributed by atoms with Crippen LogP contribution in [0.15, 0.2) is 67.3 Å². The minimum atomic E-state index is 0.0102. The fourth-order valence-corrected chi connectivity index (χ4v) is 3.32. The summed E-state index contributed by atoms with van der Waals surface area (Å²) in [6, 6.07) is 14.6. The van der Waals surface area contributed by atoms with Gasteiger partial charge in [-0.3, -0.25) is 0 Å². The Morgan fingerprint density at radius 1 is 1.00 bits per heavy atom. The minimum absolute atomic E-state index is 0.0102. The Morgan fingerprint density at radius 3 is 2.45 bits per heavy atom. The molecule has 0 fully saturated rings. The van der Waals surface area contributed by atoms with Crippen molar-refractivity contribution in [1.29, 1.82) is 0 Å². The van der Waals surface area contributed by atoms with E-state index >= 15 is 0 Å². The summed E-state index contributed by atoms with van der Waals surface area (Å²) >= 11 is 0. The Balaban J connectivity index is 1.67. The third-order valence-electron chi connectivity index (χ3n) is 5.00. The van der Waals surface area contributed by atoms with Crippen molar-refractivity contribution in [2.45, 2.75) is 26.2 Å². The Hall–Kier alpha value is -3.21. The van der Waals surface area contributed by atoms with Crippen molar-refractivity contribution in [2.75, 3.05) is 18.6 Å². The molecular weight excluding hydrogens is 360 g/mol. The third-order valence-corrected chi connectivity index (χ3v) is 5.00. The first-order valence-corrected chi connectivity index (χ1v) is 9.83. The van der Waals surface area contributed by atoms with E-state index in [0.29, 0.717) is 0 Å². The van der Waals surface area contributed by atoms with E-state index in [2.05, 4.69) is 86.7 Å². The van der Waals surface area contributed by atoms with E-state index in [0.717, 1.165) is 29.5 Å². The number of aromatic nitrogens is 2. The molecule has 2 aromatic carbocycles. The number of rotatable bonds is 4. The Morgan fingerprint density at radius 2 is 1.79 bits per heavy atom. The first-order chi connectivity index (χ1) is 13.8. The van der Waals surface area contributed by atoms with E-state index in [9.17, 15) is 0 Å². The van der Waals surface area contributed by atoms with Crippen LogP contribution in [0.2, 0.25) is 0 Å². The quantitative estimate of drug-likeness (QED) is 0.490. The summed E-state index contributed by atoms with van der Waals surface area (Å²) in [6.45, 7) is 7.48. The average molecular weight is 389 g/mol. The molecule has 5 nitrogen and oxygen atoms in total. The highest BCUT2D eigenvalue weighted by Gasteiger charge is 2.17. The molecule has 3 aromatic rings. The maximum Gasteiger partial charge on any atom is 0.243 e. The molecule has 2 heterocycles. The summed E-state index contributed by atoms with van der Waals surface area (Å²) in [5, 5.41) is 0. The molecule has 0 spiro atoms. The van der Waals surface area contributed by atoms with Crippen molar-refractivity contribution in [1.82, 2.24) is 9.47 Å². The molecule has 1 aromatic heterocycles. The first-order valence-electron chi connectivity index (χ1n) is 9.83. The second-order valence-corrected chi connectivity index (χ2v) is 8.61. The lowest BCUT2D eigenvalue weighted by Gasteiger charge is -2.22. The number of hydrogen-bond donors (Lipinski definition) is 0.